The van der Waals surface area contributed by atoms with Crippen LogP contribution < -0.4 is 9.80 Å². The van der Waals surface area contributed by atoms with E-state index in [4.69, 9.17) is 0 Å². The molecule has 0 saturated carbocycles. The van der Waals surface area contributed by atoms with Crippen LogP contribution in [0.5, 0.6) is 0 Å². The van der Waals surface area contributed by atoms with Crippen molar-refractivity contribution in [1.29, 1.82) is 0 Å². The summed E-state index contributed by atoms with van der Waals surface area (Å²) in [5.41, 5.74) is 12.0. The zero-order chi connectivity index (χ0) is 38.1. The zero-order valence-corrected chi connectivity index (χ0v) is 32.0. The fourth-order valence-electron chi connectivity index (χ4n) is 9.42. The molecule has 0 atom stereocenters. The van der Waals surface area contributed by atoms with Crippen LogP contribution in [0.3, 0.4) is 0 Å². The predicted octanol–water partition coefficient (Wildman–Crippen LogP) is 15.5. The summed E-state index contributed by atoms with van der Waals surface area (Å²) in [4.78, 5) is 4.91. The number of nitrogens with zero attached hydrogens (tertiary/aromatic N) is 2. The molecule has 0 saturated heterocycles. The molecule has 0 aromatic heterocycles. The summed E-state index contributed by atoms with van der Waals surface area (Å²) in [5, 5.41) is 9.90. The van der Waals surface area contributed by atoms with Crippen LogP contribution in [0.2, 0.25) is 0 Å². The van der Waals surface area contributed by atoms with Crippen LogP contribution in [0.15, 0.2) is 206 Å². The molecule has 0 N–H and O–H groups in total. The number of hydrogen-bond acceptors (Lipinski definition) is 2. The van der Waals surface area contributed by atoms with Gasteiger partial charge in [0.2, 0.25) is 0 Å². The molecule has 0 radical (unpaired) electrons. The summed E-state index contributed by atoms with van der Waals surface area (Å²) in [6.45, 7) is 4.68. The standard InChI is InChI=1S/C55H40N2/c1-55(2)49-26-11-13-28-51(49)57(52-29-14-12-27-50(52)55)42-19-15-18-38(34-42)37-30-32-41(33-31-37)56(53-35-39-16-3-5-20-43(39)45-22-7-9-24-47(45)53)54-36-40-17-4-6-21-44(40)46-23-8-10-25-48(46)54/h3-36H,1-2H3. The van der Waals surface area contributed by atoms with E-state index in [0.717, 1.165) is 22.7 Å². The lowest BCUT2D eigenvalue weighted by Gasteiger charge is -2.42. The summed E-state index contributed by atoms with van der Waals surface area (Å²) >= 11 is 0. The Morgan fingerprint density at radius 1 is 0.368 bits per heavy atom. The van der Waals surface area contributed by atoms with Crippen molar-refractivity contribution in [3.05, 3.63) is 217 Å². The maximum absolute atomic E-state index is 2.48. The second kappa shape index (κ2) is 13.0. The summed E-state index contributed by atoms with van der Waals surface area (Å²) in [5.74, 6) is 0. The smallest absolute Gasteiger partial charge is 0.0546 e. The minimum Gasteiger partial charge on any atom is -0.310 e. The van der Waals surface area contributed by atoms with E-state index in [1.807, 2.05) is 0 Å². The van der Waals surface area contributed by atoms with Gasteiger partial charge < -0.3 is 9.80 Å². The van der Waals surface area contributed by atoms with Crippen LogP contribution in [0.4, 0.5) is 34.1 Å². The van der Waals surface area contributed by atoms with Crippen LogP contribution in [-0.2, 0) is 5.41 Å². The SMILES string of the molecule is CC1(C)c2ccccc2N(c2cccc(-c3ccc(N(c4cc5ccccc5c5ccccc45)c4cc5ccccc5c5ccccc45)cc3)c2)c2ccccc21. The molecule has 0 fully saturated rings. The fraction of sp³-hybridized carbons (Fsp3) is 0.0545. The van der Waals surface area contributed by atoms with Gasteiger partial charge in [0.05, 0.1) is 22.7 Å². The number of para-hydroxylation sites is 2. The van der Waals surface area contributed by atoms with Crippen molar-refractivity contribution >= 4 is 77.2 Å². The molecule has 57 heavy (non-hydrogen) atoms. The highest BCUT2D eigenvalue weighted by Crippen LogP contribution is 2.52. The third-order valence-corrected chi connectivity index (χ3v) is 12.2. The topological polar surface area (TPSA) is 6.48 Å². The van der Waals surface area contributed by atoms with Crippen LogP contribution in [0.25, 0.3) is 54.2 Å². The molecule has 270 valence electrons. The Balaban J connectivity index is 1.08. The van der Waals surface area contributed by atoms with Crippen molar-refractivity contribution < 1.29 is 0 Å². The van der Waals surface area contributed by atoms with Gasteiger partial charge in [-0.2, -0.15) is 0 Å². The molecule has 2 nitrogen and oxygen atoms in total. The Labute approximate surface area is 333 Å². The fourth-order valence-corrected chi connectivity index (χ4v) is 9.42. The Hall–Kier alpha value is -7.16. The van der Waals surface area contributed by atoms with Crippen LogP contribution in [-0.4, -0.2) is 0 Å². The highest BCUT2D eigenvalue weighted by Gasteiger charge is 2.36. The Morgan fingerprint density at radius 3 is 1.37 bits per heavy atom. The number of benzene rings is 10. The summed E-state index contributed by atoms with van der Waals surface area (Å²) in [7, 11) is 0. The number of rotatable bonds is 5. The van der Waals surface area contributed by atoms with E-state index in [2.05, 4.69) is 230 Å². The first-order valence-corrected chi connectivity index (χ1v) is 19.9. The lowest BCUT2D eigenvalue weighted by Crippen LogP contribution is -2.30. The van der Waals surface area contributed by atoms with Crippen molar-refractivity contribution in [1.82, 2.24) is 0 Å². The van der Waals surface area contributed by atoms with E-state index in [1.54, 1.807) is 0 Å². The van der Waals surface area contributed by atoms with E-state index < -0.39 is 0 Å². The quantitative estimate of drug-likeness (QED) is 0.163. The van der Waals surface area contributed by atoms with Gasteiger partial charge in [0, 0.05) is 27.6 Å². The molecule has 0 amide bonds. The summed E-state index contributed by atoms with van der Waals surface area (Å²) < 4.78 is 0. The molecule has 11 rings (SSSR count). The second-order valence-electron chi connectivity index (χ2n) is 15.8. The average molecular weight is 729 g/mol. The van der Waals surface area contributed by atoms with E-state index in [0.29, 0.717) is 0 Å². The zero-order valence-electron chi connectivity index (χ0n) is 32.0. The van der Waals surface area contributed by atoms with Gasteiger partial charge in [0.1, 0.15) is 0 Å². The maximum Gasteiger partial charge on any atom is 0.0546 e. The molecule has 0 aliphatic carbocycles. The maximum atomic E-state index is 2.48. The monoisotopic (exact) mass is 728 g/mol. The predicted molar refractivity (Wildman–Crippen MR) is 243 cm³/mol. The molecule has 10 aromatic rings. The first kappa shape index (κ1) is 33.2. The molecule has 2 heteroatoms. The molecule has 1 aliphatic rings. The molecular formula is C55H40N2. The molecule has 0 unspecified atom stereocenters. The van der Waals surface area contributed by atoms with E-state index in [1.165, 1.54) is 76.7 Å². The van der Waals surface area contributed by atoms with Crippen LogP contribution >= 0.6 is 0 Å². The summed E-state index contributed by atoms with van der Waals surface area (Å²) in [6, 6.07) is 75.8. The van der Waals surface area contributed by atoms with Crippen molar-refractivity contribution in [3.63, 3.8) is 0 Å². The Kier molecular flexibility index (Phi) is 7.55. The minimum atomic E-state index is -0.101. The summed E-state index contributed by atoms with van der Waals surface area (Å²) in [6.07, 6.45) is 0. The van der Waals surface area contributed by atoms with Crippen molar-refractivity contribution in [3.8, 4) is 11.1 Å². The molecule has 1 aliphatic heterocycles. The van der Waals surface area contributed by atoms with Gasteiger partial charge in [0.15, 0.2) is 0 Å². The number of hydrogen-bond donors (Lipinski definition) is 0. The lowest BCUT2D eigenvalue weighted by atomic mass is 9.73. The highest BCUT2D eigenvalue weighted by molar-refractivity contribution is 6.18. The number of fused-ring (bicyclic) bond motifs is 8. The minimum absolute atomic E-state index is 0.101. The van der Waals surface area contributed by atoms with Crippen molar-refractivity contribution in [2.45, 2.75) is 19.3 Å². The van der Waals surface area contributed by atoms with Gasteiger partial charge >= 0.3 is 0 Å². The van der Waals surface area contributed by atoms with Crippen LogP contribution in [0.1, 0.15) is 25.0 Å². The molecule has 0 bridgehead atoms. The second-order valence-corrected chi connectivity index (χ2v) is 15.8. The average Bonchev–Trinajstić information content (AvgIpc) is 3.27. The lowest BCUT2D eigenvalue weighted by molar-refractivity contribution is 0.632. The first-order chi connectivity index (χ1) is 28.0. The molecule has 10 aromatic carbocycles. The molecule has 1 heterocycles. The van der Waals surface area contributed by atoms with Gasteiger partial charge in [-0.3, -0.25) is 0 Å². The van der Waals surface area contributed by atoms with Gasteiger partial charge in [0.25, 0.3) is 0 Å². The highest BCUT2D eigenvalue weighted by atomic mass is 15.2. The van der Waals surface area contributed by atoms with E-state index >= 15 is 0 Å². The van der Waals surface area contributed by atoms with Gasteiger partial charge in [-0.05, 0) is 103 Å². The molecule has 0 spiro atoms. The molecular weight excluding hydrogens is 689 g/mol. The normalized spacial score (nSPS) is 13.2. The largest absolute Gasteiger partial charge is 0.310 e. The van der Waals surface area contributed by atoms with Gasteiger partial charge in [-0.25, -0.2) is 0 Å². The Bertz CT molecular complexity index is 3010. The third kappa shape index (κ3) is 5.25. The van der Waals surface area contributed by atoms with E-state index in [9.17, 15) is 0 Å². The van der Waals surface area contributed by atoms with Gasteiger partial charge in [-0.1, -0.05) is 172 Å². The first-order valence-electron chi connectivity index (χ1n) is 19.9. The van der Waals surface area contributed by atoms with Crippen molar-refractivity contribution in [2.24, 2.45) is 0 Å². The van der Waals surface area contributed by atoms with Gasteiger partial charge in [-0.15, -0.1) is 0 Å². The van der Waals surface area contributed by atoms with E-state index in [-0.39, 0.29) is 5.41 Å². The van der Waals surface area contributed by atoms with Crippen molar-refractivity contribution in [2.75, 3.05) is 9.80 Å². The number of anilines is 6. The van der Waals surface area contributed by atoms with Crippen LogP contribution in [0, 0.1) is 0 Å². The third-order valence-electron chi connectivity index (χ3n) is 12.2. The Morgan fingerprint density at radius 2 is 0.825 bits per heavy atom.